The molecule has 11 nitrogen and oxygen atoms in total. The topological polar surface area (TPSA) is 121 Å². The Balaban J connectivity index is 1.62. The maximum atomic E-state index is 13.4. The van der Waals surface area contributed by atoms with Gasteiger partial charge >= 0.3 is 5.97 Å². The largest absolute Gasteiger partial charge is 0.493 e. The smallest absolute Gasteiger partial charge is 0.308 e. The summed E-state index contributed by atoms with van der Waals surface area (Å²) in [6.07, 6.45) is 2.13. The summed E-state index contributed by atoms with van der Waals surface area (Å²) in [6.45, 7) is 10.9. The first-order valence-electron chi connectivity index (χ1n) is 14.4. The second-order valence-corrected chi connectivity index (χ2v) is 11.9. The molecular weight excluding hydrogens is 518 g/mol. The molecule has 0 aliphatic carbocycles. The molecule has 3 aliphatic rings. The second-order valence-electron chi connectivity index (χ2n) is 11.9. The summed E-state index contributed by atoms with van der Waals surface area (Å²) in [6, 6.07) is 3.22. The Kier molecular flexibility index (Phi) is 9.81. The number of aliphatic carboxylic acids is 1. The minimum Gasteiger partial charge on any atom is -0.493 e. The summed E-state index contributed by atoms with van der Waals surface area (Å²) in [5.41, 5.74) is 0.753. The van der Waals surface area contributed by atoms with Gasteiger partial charge in [0.15, 0.2) is 11.5 Å². The SMILES string of the molecule is CCCON(CCC)C(=O)CN1C[C@H](c2cc(OC)c3c(c2)OCO3)[C@@H](C(=O)O)[C@@H]1CCN1CC(C)(C)CC1O. The summed E-state index contributed by atoms with van der Waals surface area (Å²) >= 11 is 0. The van der Waals surface area contributed by atoms with E-state index in [2.05, 4.69) is 13.8 Å². The molecule has 1 amide bonds. The van der Waals surface area contributed by atoms with Gasteiger partial charge in [-0.1, -0.05) is 27.7 Å². The number of hydrogen-bond acceptors (Lipinski definition) is 9. The third-order valence-electron chi connectivity index (χ3n) is 8.14. The fourth-order valence-electron chi connectivity index (χ4n) is 6.34. The van der Waals surface area contributed by atoms with Crippen LogP contribution in [0.5, 0.6) is 17.2 Å². The molecule has 2 saturated heterocycles. The average molecular weight is 564 g/mol. The Morgan fingerprint density at radius 2 is 1.95 bits per heavy atom. The second kappa shape index (κ2) is 12.9. The van der Waals surface area contributed by atoms with Gasteiger partial charge in [0.2, 0.25) is 12.5 Å². The molecular formula is C29H45N3O8. The first-order chi connectivity index (χ1) is 19.1. The summed E-state index contributed by atoms with van der Waals surface area (Å²) in [4.78, 5) is 36.0. The van der Waals surface area contributed by atoms with Crippen molar-refractivity contribution < 1.29 is 38.9 Å². The number of hydroxylamine groups is 2. The Morgan fingerprint density at radius 1 is 1.18 bits per heavy atom. The summed E-state index contributed by atoms with van der Waals surface area (Å²) in [5.74, 6) is -0.767. The van der Waals surface area contributed by atoms with Crippen molar-refractivity contribution in [3.05, 3.63) is 17.7 Å². The number of hydrogen-bond donors (Lipinski definition) is 2. The number of fused-ring (bicyclic) bond motifs is 1. The van der Waals surface area contributed by atoms with Crippen molar-refractivity contribution in [2.45, 2.75) is 71.6 Å². The number of amides is 1. The van der Waals surface area contributed by atoms with Gasteiger partial charge in [-0.3, -0.25) is 24.2 Å². The third kappa shape index (κ3) is 6.64. The molecule has 0 spiro atoms. The van der Waals surface area contributed by atoms with Crippen LogP contribution in [0.15, 0.2) is 12.1 Å². The van der Waals surface area contributed by atoms with Crippen LogP contribution in [0.4, 0.5) is 0 Å². The molecule has 11 heteroatoms. The molecule has 40 heavy (non-hydrogen) atoms. The van der Waals surface area contributed by atoms with Gasteiger partial charge in [-0.2, -0.15) is 0 Å². The lowest BCUT2D eigenvalue weighted by Crippen LogP contribution is -2.45. The van der Waals surface area contributed by atoms with Crippen LogP contribution in [0.1, 0.15) is 64.9 Å². The van der Waals surface area contributed by atoms with Gasteiger partial charge in [0, 0.05) is 38.1 Å². The number of ether oxygens (including phenoxy) is 3. The molecule has 0 aromatic heterocycles. The minimum absolute atomic E-state index is 0.0141. The molecule has 1 aromatic carbocycles. The van der Waals surface area contributed by atoms with Crippen molar-refractivity contribution in [1.82, 2.24) is 14.9 Å². The lowest BCUT2D eigenvalue weighted by atomic mass is 9.84. The highest BCUT2D eigenvalue weighted by Crippen LogP contribution is 2.47. The van der Waals surface area contributed by atoms with E-state index in [1.54, 1.807) is 7.11 Å². The summed E-state index contributed by atoms with van der Waals surface area (Å²) in [7, 11) is 1.54. The van der Waals surface area contributed by atoms with Crippen molar-refractivity contribution in [2.24, 2.45) is 11.3 Å². The zero-order chi connectivity index (χ0) is 29.0. The molecule has 4 atom stereocenters. The van der Waals surface area contributed by atoms with Crippen LogP contribution < -0.4 is 14.2 Å². The summed E-state index contributed by atoms with van der Waals surface area (Å²) < 4.78 is 16.7. The maximum Gasteiger partial charge on any atom is 0.308 e. The van der Waals surface area contributed by atoms with Crippen molar-refractivity contribution >= 4 is 11.9 Å². The Labute approximate surface area is 236 Å². The zero-order valence-electron chi connectivity index (χ0n) is 24.4. The lowest BCUT2D eigenvalue weighted by molar-refractivity contribution is -0.188. The van der Waals surface area contributed by atoms with E-state index in [1.807, 2.05) is 35.8 Å². The van der Waals surface area contributed by atoms with Crippen LogP contribution in [-0.2, 0) is 14.4 Å². The number of rotatable bonds is 13. The van der Waals surface area contributed by atoms with E-state index in [1.165, 1.54) is 5.06 Å². The monoisotopic (exact) mass is 563 g/mol. The molecule has 224 valence electrons. The molecule has 3 aliphatic heterocycles. The molecule has 2 fully saturated rings. The van der Waals surface area contributed by atoms with Gasteiger partial charge in [0.1, 0.15) is 6.23 Å². The van der Waals surface area contributed by atoms with Crippen LogP contribution in [0.3, 0.4) is 0 Å². The molecule has 1 aromatic rings. The van der Waals surface area contributed by atoms with Gasteiger partial charge in [0.05, 0.1) is 26.2 Å². The van der Waals surface area contributed by atoms with E-state index in [-0.39, 0.29) is 24.7 Å². The number of likely N-dealkylation sites (tertiary alicyclic amines) is 2. The van der Waals surface area contributed by atoms with E-state index < -0.39 is 30.1 Å². The van der Waals surface area contributed by atoms with E-state index >= 15 is 0 Å². The van der Waals surface area contributed by atoms with Crippen molar-refractivity contribution in [1.29, 1.82) is 0 Å². The number of methoxy groups -OCH3 is 1. The Hall–Kier alpha value is -2.60. The van der Waals surface area contributed by atoms with E-state index in [4.69, 9.17) is 19.0 Å². The molecule has 0 bridgehead atoms. The van der Waals surface area contributed by atoms with Crippen LogP contribution in [0.2, 0.25) is 0 Å². The van der Waals surface area contributed by atoms with E-state index in [9.17, 15) is 19.8 Å². The van der Waals surface area contributed by atoms with Crippen molar-refractivity contribution in [3.8, 4) is 17.2 Å². The molecule has 2 N–H and O–H groups in total. The fourth-order valence-corrected chi connectivity index (χ4v) is 6.34. The summed E-state index contributed by atoms with van der Waals surface area (Å²) in [5, 5.41) is 22.6. The number of carbonyl (C=O) groups is 2. The van der Waals surface area contributed by atoms with Gasteiger partial charge in [0.25, 0.3) is 5.91 Å². The van der Waals surface area contributed by atoms with Crippen LogP contribution in [-0.4, -0.2) is 102 Å². The first-order valence-corrected chi connectivity index (χ1v) is 14.4. The quantitative estimate of drug-likeness (QED) is 0.347. The van der Waals surface area contributed by atoms with Gasteiger partial charge < -0.3 is 24.4 Å². The molecule has 4 rings (SSSR count). The normalized spacial score (nSPS) is 25.9. The average Bonchev–Trinajstić information content (AvgIpc) is 3.59. The van der Waals surface area contributed by atoms with E-state index in [0.717, 1.165) is 24.9 Å². The number of nitrogens with zero attached hydrogens (tertiary/aromatic N) is 3. The van der Waals surface area contributed by atoms with Crippen molar-refractivity contribution in [2.75, 3.05) is 53.2 Å². The van der Waals surface area contributed by atoms with Crippen LogP contribution in [0.25, 0.3) is 0 Å². The number of carboxylic acid groups (broad SMARTS) is 1. The highest BCUT2D eigenvalue weighted by molar-refractivity contribution is 5.78. The number of carboxylic acids is 1. The number of aliphatic hydroxyl groups is 1. The highest BCUT2D eigenvalue weighted by atomic mass is 16.7. The van der Waals surface area contributed by atoms with Crippen LogP contribution in [0, 0.1) is 11.3 Å². The number of aliphatic hydroxyl groups excluding tert-OH is 1. The van der Waals surface area contributed by atoms with Crippen LogP contribution >= 0.6 is 0 Å². The fraction of sp³-hybridized carbons (Fsp3) is 0.724. The maximum absolute atomic E-state index is 13.4. The Morgan fingerprint density at radius 3 is 2.58 bits per heavy atom. The molecule has 3 heterocycles. The van der Waals surface area contributed by atoms with Gasteiger partial charge in [-0.15, -0.1) is 0 Å². The predicted molar refractivity (Wildman–Crippen MR) is 147 cm³/mol. The number of benzene rings is 1. The van der Waals surface area contributed by atoms with Gasteiger partial charge in [-0.25, -0.2) is 5.06 Å². The molecule has 1 unspecified atom stereocenters. The van der Waals surface area contributed by atoms with Crippen molar-refractivity contribution in [3.63, 3.8) is 0 Å². The lowest BCUT2D eigenvalue weighted by Gasteiger charge is -2.31. The molecule has 0 radical (unpaired) electrons. The standard InChI is InChI=1S/C29H45N3O8/c1-6-9-32(40-11-7-2)25(34)16-31-15-20(19-12-22(37-5)27-23(13-19)38-18-39-27)26(28(35)36)21(31)8-10-30-17-29(3,4)14-24(30)33/h12-13,20-21,24,26,33H,6-11,14-18H2,1-5H3,(H,35,36)/t20-,21+,24?,26-/m1/s1. The van der Waals surface area contributed by atoms with Gasteiger partial charge in [-0.05, 0) is 48.8 Å². The third-order valence-corrected chi connectivity index (χ3v) is 8.14. The zero-order valence-corrected chi connectivity index (χ0v) is 24.4. The highest BCUT2D eigenvalue weighted by Gasteiger charge is 2.48. The van der Waals surface area contributed by atoms with E-state index in [0.29, 0.717) is 56.3 Å². The molecule has 0 saturated carbocycles. The number of carbonyl (C=O) groups excluding carboxylic acids is 1. The first kappa shape index (κ1) is 30.4. The minimum atomic E-state index is -0.920. The predicted octanol–water partition coefficient (Wildman–Crippen LogP) is 2.91. The Bertz CT molecular complexity index is 1050.